The molecule has 4 rings (SSSR count). The Bertz CT molecular complexity index is 1040. The van der Waals surface area contributed by atoms with Gasteiger partial charge in [0.2, 0.25) is 0 Å². The summed E-state index contributed by atoms with van der Waals surface area (Å²) in [6.45, 7) is 8.74. The van der Waals surface area contributed by atoms with E-state index in [0.29, 0.717) is 55.6 Å². The van der Waals surface area contributed by atoms with Gasteiger partial charge in [-0.05, 0) is 56.2 Å². The summed E-state index contributed by atoms with van der Waals surface area (Å²) in [7, 11) is 0. The van der Waals surface area contributed by atoms with Crippen LogP contribution in [0.25, 0.3) is 5.76 Å². The zero-order valence-electron chi connectivity index (χ0n) is 19.8. The molecule has 1 aromatic carbocycles. The van der Waals surface area contributed by atoms with E-state index in [9.17, 15) is 14.7 Å². The maximum Gasteiger partial charge on any atom is 0.295 e. The van der Waals surface area contributed by atoms with Crippen molar-refractivity contribution in [1.82, 2.24) is 9.80 Å². The summed E-state index contributed by atoms with van der Waals surface area (Å²) in [5.41, 5.74) is 0.497. The highest BCUT2D eigenvalue weighted by Crippen LogP contribution is 2.40. The number of hydrogen-bond donors (Lipinski definition) is 1. The Morgan fingerprint density at radius 2 is 1.82 bits per heavy atom. The molecular formula is C26H32N2O6. The second-order valence-electron chi connectivity index (χ2n) is 8.62. The third kappa shape index (κ3) is 5.18. The van der Waals surface area contributed by atoms with E-state index in [4.69, 9.17) is 13.9 Å². The van der Waals surface area contributed by atoms with E-state index in [1.165, 1.54) is 4.90 Å². The lowest BCUT2D eigenvalue weighted by Gasteiger charge is -2.28. The van der Waals surface area contributed by atoms with Crippen LogP contribution in [0.3, 0.4) is 0 Å². The molecule has 8 nitrogen and oxygen atoms in total. The number of ether oxygens (including phenoxy) is 2. The monoisotopic (exact) mass is 468 g/mol. The number of aliphatic hydroxyl groups excluding tert-OH is 1. The summed E-state index contributed by atoms with van der Waals surface area (Å²) in [5, 5.41) is 11.1. The normalized spacial score (nSPS) is 20.8. The highest BCUT2D eigenvalue weighted by Gasteiger charge is 2.47. The lowest BCUT2D eigenvalue weighted by molar-refractivity contribution is -0.140. The predicted molar refractivity (Wildman–Crippen MR) is 127 cm³/mol. The molecule has 1 amide bonds. The van der Waals surface area contributed by atoms with Crippen molar-refractivity contribution in [3.8, 4) is 5.75 Å². The van der Waals surface area contributed by atoms with Crippen LogP contribution in [-0.4, -0.2) is 72.6 Å². The van der Waals surface area contributed by atoms with Gasteiger partial charge in [0.1, 0.15) is 29.1 Å². The molecule has 3 heterocycles. The van der Waals surface area contributed by atoms with Crippen LogP contribution in [0, 0.1) is 6.92 Å². The number of ketones is 1. The summed E-state index contributed by atoms with van der Waals surface area (Å²) < 4.78 is 16.8. The number of carbonyl (C=O) groups is 2. The molecule has 2 aromatic rings. The Hall–Kier alpha value is -3.10. The maximum absolute atomic E-state index is 13.1. The number of morpholine rings is 1. The number of rotatable bonds is 9. The molecule has 34 heavy (non-hydrogen) atoms. The molecule has 2 aliphatic rings. The number of aryl methyl sites for hydroxylation is 1. The molecule has 182 valence electrons. The summed E-state index contributed by atoms with van der Waals surface area (Å²) in [6.07, 6.45) is 1.59. The van der Waals surface area contributed by atoms with Crippen LogP contribution < -0.4 is 4.74 Å². The minimum atomic E-state index is -0.769. The topological polar surface area (TPSA) is 92.5 Å². The SMILES string of the molecule is CCCOc1ccc(C(O)=C2C(=O)C(=O)N(CCCN3CCOCC3)[C@H]2c2ccc(C)o2)cc1. The molecule has 2 fully saturated rings. The number of furan rings is 1. The molecule has 0 aliphatic carbocycles. The highest BCUT2D eigenvalue weighted by molar-refractivity contribution is 6.46. The van der Waals surface area contributed by atoms with E-state index in [1.807, 2.05) is 13.8 Å². The van der Waals surface area contributed by atoms with E-state index in [-0.39, 0.29) is 11.3 Å². The minimum absolute atomic E-state index is 0.0490. The third-order valence-electron chi connectivity index (χ3n) is 6.15. The van der Waals surface area contributed by atoms with Crippen LogP contribution in [-0.2, 0) is 14.3 Å². The van der Waals surface area contributed by atoms with Crippen LogP contribution in [0.4, 0.5) is 0 Å². The average Bonchev–Trinajstić information content (AvgIpc) is 3.39. The van der Waals surface area contributed by atoms with Crippen molar-refractivity contribution in [3.05, 3.63) is 59.1 Å². The second-order valence-corrected chi connectivity index (χ2v) is 8.62. The number of carbonyl (C=O) groups excluding carboxylic acids is 2. The largest absolute Gasteiger partial charge is 0.507 e. The molecule has 0 spiro atoms. The summed E-state index contributed by atoms with van der Waals surface area (Å²) in [4.78, 5) is 29.9. The lowest BCUT2D eigenvalue weighted by atomic mass is 9.99. The first-order chi connectivity index (χ1) is 16.5. The number of amides is 1. The van der Waals surface area contributed by atoms with Crippen LogP contribution in [0.5, 0.6) is 5.75 Å². The van der Waals surface area contributed by atoms with Gasteiger partial charge < -0.3 is 23.9 Å². The lowest BCUT2D eigenvalue weighted by Crippen LogP contribution is -2.38. The fourth-order valence-electron chi connectivity index (χ4n) is 4.38. The molecule has 0 saturated carbocycles. The number of aliphatic hydroxyl groups is 1. The van der Waals surface area contributed by atoms with E-state index in [2.05, 4.69) is 4.90 Å². The molecule has 2 aliphatic heterocycles. The molecule has 0 bridgehead atoms. The van der Waals surface area contributed by atoms with Crippen molar-refractivity contribution in [1.29, 1.82) is 0 Å². The summed E-state index contributed by atoms with van der Waals surface area (Å²) in [5.74, 6) is 0.286. The van der Waals surface area contributed by atoms with Gasteiger partial charge in [0, 0.05) is 31.7 Å². The first kappa shape index (κ1) is 24.0. The standard InChI is InChI=1S/C26H32N2O6/c1-3-15-33-20-8-6-19(7-9-20)24(29)22-23(21-10-5-18(2)34-21)28(26(31)25(22)30)12-4-11-27-13-16-32-17-14-27/h5-10,23,29H,3-4,11-17H2,1-2H3/t23-/m0/s1. The van der Waals surface area contributed by atoms with E-state index >= 15 is 0 Å². The molecule has 0 radical (unpaired) electrons. The van der Waals surface area contributed by atoms with E-state index < -0.39 is 17.7 Å². The van der Waals surface area contributed by atoms with Crippen LogP contribution in [0.15, 0.2) is 46.4 Å². The number of Topliss-reactive ketones (excluding diaryl/α,β-unsaturated/α-hetero) is 1. The van der Waals surface area contributed by atoms with Gasteiger partial charge in [-0.1, -0.05) is 6.92 Å². The first-order valence-electron chi connectivity index (χ1n) is 11.9. The fourth-order valence-corrected chi connectivity index (χ4v) is 4.38. The number of hydrogen-bond acceptors (Lipinski definition) is 7. The quantitative estimate of drug-likeness (QED) is 0.342. The molecule has 0 unspecified atom stereocenters. The Kier molecular flexibility index (Phi) is 7.70. The Balaban J connectivity index is 1.60. The molecule has 1 aromatic heterocycles. The van der Waals surface area contributed by atoms with Crippen molar-refractivity contribution in [3.63, 3.8) is 0 Å². The average molecular weight is 469 g/mol. The van der Waals surface area contributed by atoms with Gasteiger partial charge in [-0.2, -0.15) is 0 Å². The summed E-state index contributed by atoms with van der Waals surface area (Å²) >= 11 is 0. The minimum Gasteiger partial charge on any atom is -0.507 e. The number of benzene rings is 1. The van der Waals surface area contributed by atoms with Gasteiger partial charge in [-0.3, -0.25) is 14.5 Å². The van der Waals surface area contributed by atoms with Gasteiger partial charge in [0.05, 0.1) is 25.4 Å². The van der Waals surface area contributed by atoms with Crippen LogP contribution in [0.1, 0.15) is 42.9 Å². The third-order valence-corrected chi connectivity index (χ3v) is 6.15. The van der Waals surface area contributed by atoms with Crippen molar-refractivity contribution in [2.75, 3.05) is 46.0 Å². The smallest absolute Gasteiger partial charge is 0.295 e. The molecule has 1 atom stereocenters. The summed E-state index contributed by atoms with van der Waals surface area (Å²) in [6, 6.07) is 9.66. The fraction of sp³-hybridized carbons (Fsp3) is 0.462. The Morgan fingerprint density at radius 3 is 2.47 bits per heavy atom. The van der Waals surface area contributed by atoms with Crippen molar-refractivity contribution >= 4 is 17.4 Å². The Morgan fingerprint density at radius 1 is 1.09 bits per heavy atom. The van der Waals surface area contributed by atoms with Crippen LogP contribution in [0.2, 0.25) is 0 Å². The van der Waals surface area contributed by atoms with Crippen molar-refractivity contribution < 1.29 is 28.6 Å². The molecule has 8 heteroatoms. The van der Waals surface area contributed by atoms with Gasteiger partial charge in [-0.25, -0.2) is 0 Å². The zero-order valence-corrected chi connectivity index (χ0v) is 19.8. The molecule has 2 saturated heterocycles. The Labute approximate surface area is 199 Å². The number of likely N-dealkylation sites (tertiary alicyclic amines) is 1. The second kappa shape index (κ2) is 10.9. The van der Waals surface area contributed by atoms with Gasteiger partial charge >= 0.3 is 0 Å². The van der Waals surface area contributed by atoms with Gasteiger partial charge in [0.25, 0.3) is 11.7 Å². The van der Waals surface area contributed by atoms with Crippen LogP contribution >= 0.6 is 0 Å². The van der Waals surface area contributed by atoms with Crippen molar-refractivity contribution in [2.24, 2.45) is 0 Å². The van der Waals surface area contributed by atoms with Gasteiger partial charge in [0.15, 0.2) is 0 Å². The molecule has 1 N–H and O–H groups in total. The number of nitrogens with zero attached hydrogens (tertiary/aromatic N) is 2. The maximum atomic E-state index is 13.1. The van der Waals surface area contributed by atoms with E-state index in [0.717, 1.165) is 26.1 Å². The van der Waals surface area contributed by atoms with E-state index in [1.54, 1.807) is 36.4 Å². The van der Waals surface area contributed by atoms with Gasteiger partial charge in [-0.15, -0.1) is 0 Å². The zero-order chi connectivity index (χ0) is 24.1. The predicted octanol–water partition coefficient (Wildman–Crippen LogP) is 3.52. The first-order valence-corrected chi connectivity index (χ1v) is 11.9. The highest BCUT2D eigenvalue weighted by atomic mass is 16.5. The molecular weight excluding hydrogens is 436 g/mol. The van der Waals surface area contributed by atoms with Crippen molar-refractivity contribution in [2.45, 2.75) is 32.7 Å².